The fourth-order valence-corrected chi connectivity index (χ4v) is 5.12. The zero-order valence-corrected chi connectivity index (χ0v) is 23.7. The average Bonchev–Trinajstić information content (AvgIpc) is 3.46. The highest BCUT2D eigenvalue weighted by Crippen LogP contribution is 2.40. The Morgan fingerprint density at radius 1 is 0.698 bits per heavy atom. The van der Waals surface area contributed by atoms with Gasteiger partial charge in [-0.15, -0.1) is 6.42 Å². The molecule has 0 fully saturated rings. The van der Waals surface area contributed by atoms with Crippen LogP contribution in [0.3, 0.4) is 0 Å². The van der Waals surface area contributed by atoms with Gasteiger partial charge in [0.1, 0.15) is 23.9 Å². The second-order valence-electron chi connectivity index (χ2n) is 10.1. The summed E-state index contributed by atoms with van der Waals surface area (Å²) < 4.78 is 7.61. The van der Waals surface area contributed by atoms with Crippen LogP contribution in [0, 0.1) is 12.3 Å². The van der Waals surface area contributed by atoms with Crippen LogP contribution in [0.25, 0.3) is 39.6 Å². The van der Waals surface area contributed by atoms with Gasteiger partial charge in [0.05, 0.1) is 17.0 Å². The summed E-state index contributed by atoms with van der Waals surface area (Å²) in [5.41, 5.74) is 7.81. The number of para-hydroxylation sites is 1. The van der Waals surface area contributed by atoms with Crippen LogP contribution in [0.2, 0.25) is 0 Å². The number of hydrogen-bond acceptors (Lipinski definition) is 4. The molecule has 0 aliphatic rings. The van der Waals surface area contributed by atoms with Crippen molar-refractivity contribution in [3.05, 3.63) is 145 Å². The standard InChI is InChI=1S/C38H31N3O2/c1-2-25-43-33-23-19-29(20-24-33)27-39-26-28-17-21-32(22-18-28)41-37(31-13-7-4-8-14-31)36(30-11-5-3-6-12-30)40-38(41)34-15-9-10-16-35(34)42/h1,3-24,39,42H,25-27H2. The minimum atomic E-state index is 0.185. The molecule has 0 saturated carbocycles. The molecule has 5 heteroatoms. The van der Waals surface area contributed by atoms with Crippen LogP contribution in [0.4, 0.5) is 0 Å². The molecule has 6 aromatic rings. The third-order valence-electron chi connectivity index (χ3n) is 7.22. The number of phenols is 1. The van der Waals surface area contributed by atoms with Crippen LogP contribution >= 0.6 is 0 Å². The Morgan fingerprint density at radius 2 is 1.28 bits per heavy atom. The molecule has 1 aromatic heterocycles. The lowest BCUT2D eigenvalue weighted by Gasteiger charge is -2.15. The van der Waals surface area contributed by atoms with Crippen molar-refractivity contribution in [2.24, 2.45) is 0 Å². The minimum absolute atomic E-state index is 0.185. The summed E-state index contributed by atoms with van der Waals surface area (Å²) in [5, 5.41) is 14.4. The molecule has 210 valence electrons. The molecule has 0 radical (unpaired) electrons. The van der Waals surface area contributed by atoms with E-state index in [2.05, 4.69) is 64.3 Å². The lowest BCUT2D eigenvalue weighted by molar-refractivity contribution is 0.370. The van der Waals surface area contributed by atoms with Gasteiger partial charge in [-0.05, 0) is 47.5 Å². The maximum Gasteiger partial charge on any atom is 0.149 e. The maximum atomic E-state index is 10.9. The van der Waals surface area contributed by atoms with Gasteiger partial charge in [0, 0.05) is 29.9 Å². The van der Waals surface area contributed by atoms with Crippen LogP contribution in [-0.4, -0.2) is 21.3 Å². The summed E-state index contributed by atoms with van der Waals surface area (Å²) in [5.74, 6) is 4.11. The second kappa shape index (κ2) is 12.9. The van der Waals surface area contributed by atoms with E-state index in [1.165, 1.54) is 0 Å². The Hall–Kier alpha value is -5.57. The van der Waals surface area contributed by atoms with Crippen molar-refractivity contribution >= 4 is 0 Å². The van der Waals surface area contributed by atoms with Crippen molar-refractivity contribution in [1.29, 1.82) is 0 Å². The molecule has 5 nitrogen and oxygen atoms in total. The second-order valence-corrected chi connectivity index (χ2v) is 10.1. The van der Waals surface area contributed by atoms with E-state index in [4.69, 9.17) is 16.1 Å². The highest BCUT2D eigenvalue weighted by atomic mass is 16.5. The molecule has 43 heavy (non-hydrogen) atoms. The number of benzene rings is 5. The van der Waals surface area contributed by atoms with Gasteiger partial charge in [0.2, 0.25) is 0 Å². The molecule has 0 saturated heterocycles. The summed E-state index contributed by atoms with van der Waals surface area (Å²) >= 11 is 0. The van der Waals surface area contributed by atoms with Gasteiger partial charge in [-0.2, -0.15) is 0 Å². The number of terminal acetylenes is 1. The van der Waals surface area contributed by atoms with Crippen LogP contribution in [-0.2, 0) is 13.1 Å². The van der Waals surface area contributed by atoms with Gasteiger partial charge in [-0.1, -0.05) is 103 Å². The first kappa shape index (κ1) is 27.6. The van der Waals surface area contributed by atoms with Crippen LogP contribution in [0.5, 0.6) is 11.5 Å². The SMILES string of the molecule is C#CCOc1ccc(CNCc2ccc(-n3c(-c4ccccc4O)nc(-c4ccccc4)c3-c3ccccc3)cc2)cc1. The Morgan fingerprint density at radius 3 is 1.91 bits per heavy atom. The molecular formula is C38H31N3O2. The van der Waals surface area contributed by atoms with Crippen molar-refractivity contribution < 1.29 is 9.84 Å². The molecule has 2 N–H and O–H groups in total. The zero-order chi connectivity index (χ0) is 29.4. The number of aromatic nitrogens is 2. The number of nitrogens with zero attached hydrogens (tertiary/aromatic N) is 2. The first-order chi connectivity index (χ1) is 21.2. The minimum Gasteiger partial charge on any atom is -0.507 e. The summed E-state index contributed by atoms with van der Waals surface area (Å²) in [6, 6.07) is 44.2. The normalized spacial score (nSPS) is 10.8. The number of phenolic OH excluding ortho intramolecular Hbond substituents is 1. The predicted octanol–water partition coefficient (Wildman–Crippen LogP) is 7.88. The molecule has 0 amide bonds. The van der Waals surface area contributed by atoms with E-state index in [0.717, 1.165) is 51.6 Å². The molecule has 0 atom stereocenters. The van der Waals surface area contributed by atoms with E-state index >= 15 is 0 Å². The number of ether oxygens (including phenoxy) is 1. The molecule has 6 rings (SSSR count). The van der Waals surface area contributed by atoms with E-state index in [1.54, 1.807) is 6.07 Å². The first-order valence-electron chi connectivity index (χ1n) is 14.2. The van der Waals surface area contributed by atoms with Crippen LogP contribution in [0.15, 0.2) is 133 Å². The van der Waals surface area contributed by atoms with Gasteiger partial charge in [0.15, 0.2) is 0 Å². The summed E-state index contributed by atoms with van der Waals surface area (Å²) in [6.45, 7) is 1.71. The van der Waals surface area contributed by atoms with Gasteiger partial charge in [0.25, 0.3) is 0 Å². The molecule has 1 heterocycles. The molecule has 0 bridgehead atoms. The molecule has 5 aromatic carbocycles. The van der Waals surface area contributed by atoms with Crippen LogP contribution < -0.4 is 10.1 Å². The van der Waals surface area contributed by atoms with Crippen LogP contribution in [0.1, 0.15) is 11.1 Å². The fourth-order valence-electron chi connectivity index (χ4n) is 5.12. The monoisotopic (exact) mass is 561 g/mol. The van der Waals surface area contributed by atoms with E-state index in [0.29, 0.717) is 17.9 Å². The zero-order valence-electron chi connectivity index (χ0n) is 23.7. The lowest BCUT2D eigenvalue weighted by Crippen LogP contribution is -2.12. The lowest BCUT2D eigenvalue weighted by atomic mass is 10.0. The van der Waals surface area contributed by atoms with Gasteiger partial charge >= 0.3 is 0 Å². The average molecular weight is 562 g/mol. The van der Waals surface area contributed by atoms with Gasteiger partial charge in [-0.25, -0.2) is 4.98 Å². The highest BCUT2D eigenvalue weighted by molar-refractivity contribution is 5.85. The third kappa shape index (κ3) is 6.20. The Kier molecular flexibility index (Phi) is 8.31. The Bertz CT molecular complexity index is 1840. The van der Waals surface area contributed by atoms with E-state index in [-0.39, 0.29) is 12.4 Å². The third-order valence-corrected chi connectivity index (χ3v) is 7.22. The number of hydrogen-bond donors (Lipinski definition) is 2. The molecule has 0 aliphatic carbocycles. The van der Waals surface area contributed by atoms with E-state index in [9.17, 15) is 5.11 Å². The molecule has 0 unspecified atom stereocenters. The quantitative estimate of drug-likeness (QED) is 0.167. The summed E-state index contributed by atoms with van der Waals surface area (Å²) in [7, 11) is 0. The predicted molar refractivity (Wildman–Crippen MR) is 173 cm³/mol. The molecule has 0 spiro atoms. The van der Waals surface area contributed by atoms with Crippen molar-refractivity contribution in [2.75, 3.05) is 6.61 Å². The number of nitrogens with one attached hydrogen (secondary N) is 1. The van der Waals surface area contributed by atoms with E-state index < -0.39 is 0 Å². The van der Waals surface area contributed by atoms with Gasteiger partial charge < -0.3 is 15.2 Å². The molecule has 0 aliphatic heterocycles. The first-order valence-corrected chi connectivity index (χ1v) is 14.2. The van der Waals surface area contributed by atoms with Crippen molar-refractivity contribution in [2.45, 2.75) is 13.1 Å². The van der Waals surface area contributed by atoms with Crippen molar-refractivity contribution in [3.8, 4) is 63.4 Å². The van der Waals surface area contributed by atoms with Crippen molar-refractivity contribution in [1.82, 2.24) is 14.9 Å². The fraction of sp³-hybridized carbons (Fsp3) is 0.0789. The summed E-state index contributed by atoms with van der Waals surface area (Å²) in [6.07, 6.45) is 5.27. The topological polar surface area (TPSA) is 59.3 Å². The van der Waals surface area contributed by atoms with Gasteiger partial charge in [-0.3, -0.25) is 4.57 Å². The number of rotatable bonds is 10. The smallest absolute Gasteiger partial charge is 0.149 e. The number of aromatic hydroxyl groups is 1. The summed E-state index contributed by atoms with van der Waals surface area (Å²) in [4.78, 5) is 5.16. The maximum absolute atomic E-state index is 10.9. The number of imidazole rings is 1. The van der Waals surface area contributed by atoms with E-state index in [1.807, 2.05) is 78.9 Å². The Balaban J connectivity index is 1.34. The highest BCUT2D eigenvalue weighted by Gasteiger charge is 2.23. The Labute approximate surface area is 252 Å². The molecular weight excluding hydrogens is 530 g/mol. The van der Waals surface area contributed by atoms with Crippen molar-refractivity contribution in [3.63, 3.8) is 0 Å². The largest absolute Gasteiger partial charge is 0.507 e.